The van der Waals surface area contributed by atoms with Gasteiger partial charge in [0.25, 0.3) is 5.56 Å². The van der Waals surface area contributed by atoms with Crippen LogP contribution in [0, 0.1) is 17.0 Å². The summed E-state index contributed by atoms with van der Waals surface area (Å²) in [5.74, 6) is -1.29. The van der Waals surface area contributed by atoms with Crippen molar-refractivity contribution in [1.82, 2.24) is 14.5 Å². The van der Waals surface area contributed by atoms with Crippen molar-refractivity contribution in [3.05, 3.63) is 57.8 Å². The van der Waals surface area contributed by atoms with E-state index < -0.39 is 11.6 Å². The van der Waals surface area contributed by atoms with Gasteiger partial charge >= 0.3 is 0 Å². The minimum absolute atomic E-state index is 0.174. The Bertz CT molecular complexity index is 1030. The quantitative estimate of drug-likeness (QED) is 0.708. The molecule has 3 rings (SSSR count). The predicted molar refractivity (Wildman–Crippen MR) is 103 cm³/mol. The molecule has 0 unspecified atom stereocenters. The number of benzene rings is 1. The number of fused-ring (bicyclic) bond motifs is 1. The number of aromatic nitrogens is 3. The van der Waals surface area contributed by atoms with E-state index in [4.69, 9.17) is 0 Å². The molecule has 5 nitrogen and oxygen atoms in total. The maximum absolute atomic E-state index is 14.4. The molecule has 2 aromatic heterocycles. The van der Waals surface area contributed by atoms with Crippen LogP contribution in [0.25, 0.3) is 11.0 Å². The summed E-state index contributed by atoms with van der Waals surface area (Å²) in [6, 6.07) is 4.60. The molecule has 2 N–H and O–H groups in total. The second kappa shape index (κ2) is 7.13. The topological polar surface area (TPSA) is 62.7 Å². The van der Waals surface area contributed by atoms with Gasteiger partial charge in [0, 0.05) is 24.4 Å². The average molecular weight is 374 g/mol. The first-order chi connectivity index (χ1) is 12.7. The second-order valence-electron chi connectivity index (χ2n) is 7.85. The van der Waals surface area contributed by atoms with Crippen LogP contribution in [0.5, 0.6) is 0 Å². The molecule has 0 atom stereocenters. The zero-order valence-electron chi connectivity index (χ0n) is 16.0. The van der Waals surface area contributed by atoms with Crippen LogP contribution < -0.4 is 10.9 Å². The number of imidazole rings is 1. The van der Waals surface area contributed by atoms with E-state index in [1.807, 2.05) is 27.7 Å². The number of halogens is 2. The summed E-state index contributed by atoms with van der Waals surface area (Å²) in [6.45, 7) is 8.62. The lowest BCUT2D eigenvalue weighted by Gasteiger charge is -2.18. The molecule has 0 saturated carbocycles. The highest BCUT2D eigenvalue weighted by Gasteiger charge is 2.22. The van der Waals surface area contributed by atoms with Crippen molar-refractivity contribution >= 4 is 16.7 Å². The Balaban J connectivity index is 2.04. The fourth-order valence-corrected chi connectivity index (χ4v) is 3.12. The average Bonchev–Trinajstić information content (AvgIpc) is 2.97. The molecule has 2 heterocycles. The molecule has 3 aromatic rings. The van der Waals surface area contributed by atoms with Crippen LogP contribution in [0.3, 0.4) is 0 Å². The van der Waals surface area contributed by atoms with E-state index in [1.54, 1.807) is 18.3 Å². The third-order valence-electron chi connectivity index (χ3n) is 4.23. The number of hydrogen-bond acceptors (Lipinski definition) is 3. The Morgan fingerprint density at radius 1 is 1.30 bits per heavy atom. The SMILES string of the molecule is CCNc1cccn(Cc2nc3c(CC(C)(C)C)c(F)c(F)cc3[nH]2)c1=O. The highest BCUT2D eigenvalue weighted by molar-refractivity contribution is 5.79. The second-order valence-corrected chi connectivity index (χ2v) is 7.85. The zero-order chi connectivity index (χ0) is 19.8. The van der Waals surface area contributed by atoms with Gasteiger partial charge in [0.2, 0.25) is 0 Å². The van der Waals surface area contributed by atoms with Crippen LogP contribution >= 0.6 is 0 Å². The molecule has 0 bridgehead atoms. The van der Waals surface area contributed by atoms with Crippen molar-refractivity contribution in [2.75, 3.05) is 11.9 Å². The molecule has 144 valence electrons. The summed E-state index contributed by atoms with van der Waals surface area (Å²) >= 11 is 0. The smallest absolute Gasteiger partial charge is 0.274 e. The van der Waals surface area contributed by atoms with Crippen LogP contribution in [-0.4, -0.2) is 21.1 Å². The van der Waals surface area contributed by atoms with Gasteiger partial charge in [0.1, 0.15) is 11.5 Å². The lowest BCUT2D eigenvalue weighted by molar-refractivity contribution is 0.397. The number of rotatable bonds is 5. The number of nitrogens with zero attached hydrogens (tertiary/aromatic N) is 2. The maximum Gasteiger partial charge on any atom is 0.274 e. The summed E-state index contributed by atoms with van der Waals surface area (Å²) in [4.78, 5) is 20.0. The molecule has 0 radical (unpaired) electrons. The number of anilines is 1. The third kappa shape index (κ3) is 4.02. The van der Waals surface area contributed by atoms with Gasteiger partial charge in [-0.1, -0.05) is 20.8 Å². The largest absolute Gasteiger partial charge is 0.381 e. The van der Waals surface area contributed by atoms with Crippen LogP contribution in [0.1, 0.15) is 39.1 Å². The Morgan fingerprint density at radius 3 is 2.70 bits per heavy atom. The molecule has 0 aliphatic heterocycles. The number of nitrogens with one attached hydrogen (secondary N) is 2. The van der Waals surface area contributed by atoms with Gasteiger partial charge in [0.05, 0.1) is 17.6 Å². The summed E-state index contributed by atoms with van der Waals surface area (Å²) in [5.41, 5.74) is 1.20. The summed E-state index contributed by atoms with van der Waals surface area (Å²) in [5, 5.41) is 3.02. The van der Waals surface area contributed by atoms with Gasteiger partial charge in [-0.15, -0.1) is 0 Å². The minimum Gasteiger partial charge on any atom is -0.381 e. The zero-order valence-corrected chi connectivity index (χ0v) is 16.0. The number of H-pyrrole nitrogens is 1. The third-order valence-corrected chi connectivity index (χ3v) is 4.23. The molecule has 0 spiro atoms. The number of hydrogen-bond donors (Lipinski definition) is 2. The Labute approximate surface area is 156 Å². The first-order valence-corrected chi connectivity index (χ1v) is 8.98. The van der Waals surface area contributed by atoms with Gasteiger partial charge in [-0.05, 0) is 30.9 Å². The Kier molecular flexibility index (Phi) is 5.04. The molecule has 1 aromatic carbocycles. The molecule has 0 fully saturated rings. The summed E-state index contributed by atoms with van der Waals surface area (Å²) in [7, 11) is 0. The van der Waals surface area contributed by atoms with E-state index in [0.717, 1.165) is 6.07 Å². The van der Waals surface area contributed by atoms with Crippen molar-refractivity contribution in [2.45, 2.75) is 40.7 Å². The fraction of sp³-hybridized carbons (Fsp3) is 0.400. The van der Waals surface area contributed by atoms with Gasteiger partial charge in [-0.2, -0.15) is 0 Å². The molecule has 7 heteroatoms. The van der Waals surface area contributed by atoms with Crippen molar-refractivity contribution < 1.29 is 8.78 Å². The monoisotopic (exact) mass is 374 g/mol. The number of aromatic amines is 1. The van der Waals surface area contributed by atoms with E-state index in [0.29, 0.717) is 35.5 Å². The van der Waals surface area contributed by atoms with Gasteiger partial charge in [-0.25, -0.2) is 13.8 Å². The first kappa shape index (κ1) is 19.1. The molecule has 0 amide bonds. The minimum atomic E-state index is -0.900. The molecule has 27 heavy (non-hydrogen) atoms. The highest BCUT2D eigenvalue weighted by Crippen LogP contribution is 2.29. The van der Waals surface area contributed by atoms with Crippen molar-refractivity contribution in [3.63, 3.8) is 0 Å². The van der Waals surface area contributed by atoms with Crippen molar-refractivity contribution in [2.24, 2.45) is 5.41 Å². The molecule has 0 aliphatic carbocycles. The molecular formula is C20H24F2N4O. The molecule has 0 aliphatic rings. The van der Waals surface area contributed by atoms with Gasteiger partial charge in [-0.3, -0.25) is 4.79 Å². The van der Waals surface area contributed by atoms with Crippen LogP contribution in [0.2, 0.25) is 0 Å². The van der Waals surface area contributed by atoms with Crippen LogP contribution in [0.15, 0.2) is 29.2 Å². The van der Waals surface area contributed by atoms with E-state index >= 15 is 0 Å². The fourth-order valence-electron chi connectivity index (χ4n) is 3.12. The standard InChI is InChI=1S/C20H24F2N4O/c1-5-23-14-7-6-8-26(19(14)27)11-16-24-15-9-13(21)17(22)12(18(15)25-16)10-20(2,3)4/h6-9,23H,5,10-11H2,1-4H3,(H,24,25). The van der Waals surface area contributed by atoms with Gasteiger partial charge < -0.3 is 14.9 Å². The van der Waals surface area contributed by atoms with Gasteiger partial charge in [0.15, 0.2) is 11.6 Å². The van der Waals surface area contributed by atoms with E-state index in [-0.39, 0.29) is 23.1 Å². The van der Waals surface area contributed by atoms with E-state index in [9.17, 15) is 13.6 Å². The molecule has 0 saturated heterocycles. The van der Waals surface area contributed by atoms with E-state index in [1.165, 1.54) is 4.57 Å². The predicted octanol–water partition coefficient (Wildman–Crippen LogP) is 4.07. The van der Waals surface area contributed by atoms with Crippen LogP contribution in [-0.2, 0) is 13.0 Å². The highest BCUT2D eigenvalue weighted by atomic mass is 19.2. The lowest BCUT2D eigenvalue weighted by Crippen LogP contribution is -2.23. The Morgan fingerprint density at radius 2 is 2.04 bits per heavy atom. The summed E-state index contributed by atoms with van der Waals surface area (Å²) in [6.07, 6.45) is 2.01. The Hall–Kier alpha value is -2.70. The number of pyridine rings is 1. The van der Waals surface area contributed by atoms with Crippen molar-refractivity contribution in [1.29, 1.82) is 0 Å². The first-order valence-electron chi connectivity index (χ1n) is 8.98. The molecular weight excluding hydrogens is 350 g/mol. The van der Waals surface area contributed by atoms with E-state index in [2.05, 4.69) is 15.3 Å². The van der Waals surface area contributed by atoms with Crippen molar-refractivity contribution in [3.8, 4) is 0 Å². The van der Waals surface area contributed by atoms with Crippen LogP contribution in [0.4, 0.5) is 14.5 Å². The maximum atomic E-state index is 14.4. The normalized spacial score (nSPS) is 11.9. The lowest BCUT2D eigenvalue weighted by atomic mass is 9.87. The summed E-state index contributed by atoms with van der Waals surface area (Å²) < 4.78 is 29.9.